The molecule has 18 heavy (non-hydrogen) atoms. The molecule has 0 aromatic heterocycles. The van der Waals surface area contributed by atoms with E-state index in [1.807, 2.05) is 13.8 Å². The van der Waals surface area contributed by atoms with Crippen LogP contribution in [0.3, 0.4) is 0 Å². The van der Waals surface area contributed by atoms with Crippen LogP contribution in [0, 0.1) is 6.92 Å². The standard InChI is InChI=1S/C13H18N2O2S/c1-8(2)15(7-12(14)18)13(17)10-5-4-9(3)11(16)6-10/h4-6,8,16H,7H2,1-3H3,(H2,14,18). The third-order valence-corrected chi connectivity index (χ3v) is 2.80. The van der Waals surface area contributed by atoms with Crippen LogP contribution in [0.1, 0.15) is 29.8 Å². The zero-order chi connectivity index (χ0) is 13.9. The van der Waals surface area contributed by atoms with Gasteiger partial charge in [-0.3, -0.25) is 4.79 Å². The summed E-state index contributed by atoms with van der Waals surface area (Å²) >= 11 is 4.84. The molecular weight excluding hydrogens is 248 g/mol. The van der Waals surface area contributed by atoms with Gasteiger partial charge in [0.05, 0.1) is 11.5 Å². The average molecular weight is 266 g/mol. The van der Waals surface area contributed by atoms with E-state index < -0.39 is 0 Å². The van der Waals surface area contributed by atoms with Crippen LogP contribution in [-0.4, -0.2) is 33.5 Å². The molecule has 0 unspecified atom stereocenters. The highest BCUT2D eigenvalue weighted by Gasteiger charge is 2.19. The molecule has 4 nitrogen and oxygen atoms in total. The monoisotopic (exact) mass is 266 g/mol. The first kappa shape index (κ1) is 14.4. The van der Waals surface area contributed by atoms with E-state index in [1.54, 1.807) is 24.0 Å². The van der Waals surface area contributed by atoms with Crippen molar-refractivity contribution in [2.24, 2.45) is 5.73 Å². The predicted molar refractivity (Wildman–Crippen MR) is 75.8 cm³/mol. The van der Waals surface area contributed by atoms with Crippen molar-refractivity contribution < 1.29 is 9.90 Å². The maximum atomic E-state index is 12.3. The van der Waals surface area contributed by atoms with Crippen molar-refractivity contribution in [3.8, 4) is 5.75 Å². The first-order valence-electron chi connectivity index (χ1n) is 5.71. The highest BCUT2D eigenvalue weighted by Crippen LogP contribution is 2.19. The number of nitrogens with two attached hydrogens (primary N) is 1. The van der Waals surface area contributed by atoms with E-state index in [4.69, 9.17) is 18.0 Å². The largest absolute Gasteiger partial charge is 0.508 e. The van der Waals surface area contributed by atoms with Crippen molar-refractivity contribution in [3.63, 3.8) is 0 Å². The van der Waals surface area contributed by atoms with Gasteiger partial charge in [0, 0.05) is 11.6 Å². The number of amides is 1. The Hall–Kier alpha value is -1.62. The second-order valence-electron chi connectivity index (χ2n) is 4.49. The number of hydrogen-bond donors (Lipinski definition) is 2. The van der Waals surface area contributed by atoms with E-state index >= 15 is 0 Å². The number of hydrogen-bond acceptors (Lipinski definition) is 3. The fourth-order valence-electron chi connectivity index (χ4n) is 1.57. The molecule has 0 heterocycles. The van der Waals surface area contributed by atoms with Gasteiger partial charge in [0.2, 0.25) is 0 Å². The number of aromatic hydroxyl groups is 1. The normalized spacial score (nSPS) is 10.4. The molecule has 0 spiro atoms. The van der Waals surface area contributed by atoms with Crippen molar-refractivity contribution in [1.29, 1.82) is 0 Å². The van der Waals surface area contributed by atoms with Crippen molar-refractivity contribution in [3.05, 3.63) is 29.3 Å². The number of carbonyl (C=O) groups is 1. The maximum absolute atomic E-state index is 12.3. The van der Waals surface area contributed by atoms with Gasteiger partial charge in [-0.2, -0.15) is 0 Å². The van der Waals surface area contributed by atoms with Crippen molar-refractivity contribution in [1.82, 2.24) is 4.90 Å². The SMILES string of the molecule is Cc1ccc(C(=O)N(CC(N)=S)C(C)C)cc1O. The average Bonchev–Trinajstić information content (AvgIpc) is 2.28. The minimum absolute atomic E-state index is 0.0116. The summed E-state index contributed by atoms with van der Waals surface area (Å²) in [7, 11) is 0. The zero-order valence-corrected chi connectivity index (χ0v) is 11.6. The van der Waals surface area contributed by atoms with Gasteiger partial charge in [0.1, 0.15) is 5.75 Å². The molecule has 1 aromatic rings. The lowest BCUT2D eigenvalue weighted by atomic mass is 10.1. The third kappa shape index (κ3) is 3.43. The third-order valence-electron chi connectivity index (χ3n) is 2.67. The van der Waals surface area contributed by atoms with Crippen molar-refractivity contribution in [2.45, 2.75) is 26.8 Å². The number of nitrogens with zero attached hydrogens (tertiary/aromatic N) is 1. The summed E-state index contributed by atoms with van der Waals surface area (Å²) in [6, 6.07) is 4.85. The van der Waals surface area contributed by atoms with Gasteiger partial charge >= 0.3 is 0 Å². The molecule has 0 aliphatic heterocycles. The van der Waals surface area contributed by atoms with Gasteiger partial charge < -0.3 is 15.7 Å². The Labute approximate surface area is 112 Å². The summed E-state index contributed by atoms with van der Waals surface area (Å²) in [5.74, 6) is -0.0759. The molecule has 0 atom stereocenters. The minimum Gasteiger partial charge on any atom is -0.508 e. The second-order valence-corrected chi connectivity index (χ2v) is 5.02. The number of thiocarbonyl (C=S) groups is 1. The van der Waals surface area contributed by atoms with Crippen LogP contribution in [-0.2, 0) is 0 Å². The van der Waals surface area contributed by atoms with E-state index in [0.717, 1.165) is 5.56 Å². The van der Waals surface area contributed by atoms with Crippen molar-refractivity contribution in [2.75, 3.05) is 6.54 Å². The fraction of sp³-hybridized carbons (Fsp3) is 0.385. The molecule has 0 bridgehead atoms. The van der Waals surface area contributed by atoms with Crippen LogP contribution < -0.4 is 5.73 Å². The second kappa shape index (κ2) is 5.82. The summed E-state index contributed by atoms with van der Waals surface area (Å²) in [5.41, 5.74) is 6.66. The molecule has 0 saturated carbocycles. The number of benzene rings is 1. The van der Waals surface area contributed by atoms with Gasteiger partial charge in [-0.1, -0.05) is 18.3 Å². The Balaban J connectivity index is 3.02. The number of carbonyl (C=O) groups excluding carboxylic acids is 1. The van der Waals surface area contributed by atoms with Gasteiger partial charge in [0.15, 0.2) is 0 Å². The van der Waals surface area contributed by atoms with E-state index in [2.05, 4.69) is 0 Å². The summed E-state index contributed by atoms with van der Waals surface area (Å²) in [6.45, 7) is 5.80. The summed E-state index contributed by atoms with van der Waals surface area (Å²) in [4.78, 5) is 14.1. The molecule has 0 saturated heterocycles. The molecule has 0 aliphatic carbocycles. The molecule has 98 valence electrons. The summed E-state index contributed by atoms with van der Waals surface area (Å²) in [6.07, 6.45) is 0. The van der Waals surface area contributed by atoms with Crippen molar-refractivity contribution >= 4 is 23.1 Å². The van der Waals surface area contributed by atoms with Gasteiger partial charge in [-0.15, -0.1) is 0 Å². The predicted octanol–water partition coefficient (Wildman–Crippen LogP) is 1.84. The summed E-state index contributed by atoms with van der Waals surface area (Å²) in [5, 5.41) is 9.63. The molecule has 1 aromatic carbocycles. The van der Waals surface area contributed by atoms with Crippen LogP contribution in [0.2, 0.25) is 0 Å². The molecule has 3 N–H and O–H groups in total. The Morgan fingerprint density at radius 3 is 2.56 bits per heavy atom. The van der Waals surface area contributed by atoms with Crippen LogP contribution in [0.25, 0.3) is 0 Å². The summed E-state index contributed by atoms with van der Waals surface area (Å²) < 4.78 is 0. The number of phenolic OH excluding ortho intramolecular Hbond substituents is 1. The fourth-order valence-corrected chi connectivity index (χ4v) is 1.70. The Morgan fingerprint density at radius 2 is 2.11 bits per heavy atom. The van der Waals surface area contributed by atoms with Gasteiger partial charge in [-0.05, 0) is 38.5 Å². The lowest BCUT2D eigenvalue weighted by Crippen LogP contribution is -2.42. The number of aryl methyl sites for hydroxylation is 1. The van der Waals surface area contributed by atoms with E-state index in [-0.39, 0.29) is 29.2 Å². The van der Waals surface area contributed by atoms with E-state index in [1.165, 1.54) is 6.07 Å². The highest BCUT2D eigenvalue weighted by atomic mass is 32.1. The van der Waals surface area contributed by atoms with Crippen LogP contribution >= 0.6 is 12.2 Å². The van der Waals surface area contributed by atoms with E-state index in [9.17, 15) is 9.90 Å². The number of phenols is 1. The number of rotatable bonds is 4. The minimum atomic E-state index is -0.187. The van der Waals surface area contributed by atoms with Crippen LogP contribution in [0.15, 0.2) is 18.2 Å². The van der Waals surface area contributed by atoms with Crippen LogP contribution in [0.4, 0.5) is 0 Å². The molecule has 1 rings (SSSR count). The Bertz CT molecular complexity index is 472. The Morgan fingerprint density at radius 1 is 1.50 bits per heavy atom. The lowest BCUT2D eigenvalue weighted by molar-refractivity contribution is 0.0736. The van der Waals surface area contributed by atoms with E-state index in [0.29, 0.717) is 5.56 Å². The van der Waals surface area contributed by atoms with Gasteiger partial charge in [0.25, 0.3) is 5.91 Å². The molecule has 0 aliphatic rings. The topological polar surface area (TPSA) is 66.6 Å². The molecule has 5 heteroatoms. The zero-order valence-electron chi connectivity index (χ0n) is 10.8. The quantitative estimate of drug-likeness (QED) is 0.816. The van der Waals surface area contributed by atoms with Gasteiger partial charge in [-0.25, -0.2) is 0 Å². The van der Waals surface area contributed by atoms with Crippen LogP contribution in [0.5, 0.6) is 5.75 Å². The smallest absolute Gasteiger partial charge is 0.254 e. The Kier molecular flexibility index (Phi) is 4.67. The molecule has 0 radical (unpaired) electrons. The molecule has 1 amide bonds. The molecular formula is C13H18N2O2S. The first-order chi connectivity index (χ1) is 8.32. The molecule has 0 fully saturated rings. The first-order valence-corrected chi connectivity index (χ1v) is 6.12. The maximum Gasteiger partial charge on any atom is 0.254 e. The lowest BCUT2D eigenvalue weighted by Gasteiger charge is -2.26. The highest BCUT2D eigenvalue weighted by molar-refractivity contribution is 7.80.